The third-order valence-electron chi connectivity index (χ3n) is 9.93. The predicted octanol–water partition coefficient (Wildman–Crippen LogP) is 6.42. The number of para-hydroxylation sites is 2. The number of piperazine rings is 1. The van der Waals surface area contributed by atoms with E-state index in [1.54, 1.807) is 11.3 Å². The molecular formula is C41H63IN4O7S. The molecule has 11 nitrogen and oxygen atoms in total. The lowest BCUT2D eigenvalue weighted by Crippen LogP contribution is -3.00. The number of nitrogens with zero attached hydrogens (tertiary/aromatic N) is 3. The molecule has 4 rings (SSSR count). The summed E-state index contributed by atoms with van der Waals surface area (Å²) in [6.45, 7) is 9.14. The van der Waals surface area contributed by atoms with Crippen molar-refractivity contribution in [3.05, 3.63) is 40.8 Å². The predicted molar refractivity (Wildman–Crippen MR) is 211 cm³/mol. The number of hydrogen-bond acceptors (Lipinski definition) is 11. The van der Waals surface area contributed by atoms with Gasteiger partial charge in [-0.15, -0.1) is 11.3 Å². The monoisotopic (exact) mass is 882 g/mol. The average Bonchev–Trinajstić information content (AvgIpc) is 3.44. The molecule has 1 aromatic carbocycles. The molecule has 1 unspecified atom stereocenters. The van der Waals surface area contributed by atoms with Crippen LogP contribution in [0.25, 0.3) is 0 Å². The number of unbranched alkanes of at least 4 members (excludes halogenated alkanes) is 11. The third-order valence-corrected chi connectivity index (χ3v) is 10.9. The van der Waals surface area contributed by atoms with E-state index in [4.69, 9.17) is 23.9 Å². The maximum absolute atomic E-state index is 13.0. The molecule has 1 fully saturated rings. The van der Waals surface area contributed by atoms with Crippen LogP contribution in [0.2, 0.25) is 0 Å². The van der Waals surface area contributed by atoms with Gasteiger partial charge in [-0.2, -0.15) is 0 Å². The van der Waals surface area contributed by atoms with Crippen molar-refractivity contribution in [1.82, 2.24) is 4.90 Å². The number of nitrogens with one attached hydrogen (secondary N) is 1. The number of anilines is 2. The number of hydrogen-bond donors (Lipinski definition) is 1. The molecule has 302 valence electrons. The molecular weight excluding hydrogens is 819 g/mol. The summed E-state index contributed by atoms with van der Waals surface area (Å²) in [6, 6.07) is 10.3. The Hall–Kier alpha value is -2.91. The van der Waals surface area contributed by atoms with Gasteiger partial charge in [0, 0.05) is 17.7 Å². The minimum absolute atomic E-state index is 0. The van der Waals surface area contributed by atoms with Gasteiger partial charge in [0.25, 0.3) is 0 Å². The van der Waals surface area contributed by atoms with Crippen molar-refractivity contribution < 1.29 is 61.8 Å². The number of likely N-dealkylation sites (N-methyl/N-ethyl adjacent to an activating group) is 1. The molecule has 54 heavy (non-hydrogen) atoms. The van der Waals surface area contributed by atoms with Gasteiger partial charge in [0.1, 0.15) is 24.1 Å². The Morgan fingerprint density at radius 3 is 1.98 bits per heavy atom. The molecule has 1 N–H and O–H groups in total. The summed E-state index contributed by atoms with van der Waals surface area (Å²) < 4.78 is 22.7. The summed E-state index contributed by atoms with van der Waals surface area (Å²) in [5.41, 5.74) is 2.99. The molecule has 1 aromatic heterocycles. The first kappa shape index (κ1) is 45.5. The summed E-state index contributed by atoms with van der Waals surface area (Å²) in [5, 5.41) is 4.66. The number of carbonyl (C=O) groups excluding carboxylic acids is 3. The van der Waals surface area contributed by atoms with Gasteiger partial charge >= 0.3 is 18.1 Å². The van der Waals surface area contributed by atoms with Gasteiger partial charge in [0.15, 0.2) is 6.10 Å². The number of esters is 2. The molecule has 0 saturated carbocycles. The number of aryl methyl sites for hydroxylation is 1. The zero-order valence-corrected chi connectivity index (χ0v) is 36.0. The van der Waals surface area contributed by atoms with E-state index in [9.17, 15) is 14.4 Å². The van der Waals surface area contributed by atoms with Crippen LogP contribution in [0.15, 0.2) is 35.3 Å². The highest BCUT2D eigenvalue weighted by molar-refractivity contribution is 7.16. The fourth-order valence-corrected chi connectivity index (χ4v) is 7.48. The van der Waals surface area contributed by atoms with E-state index >= 15 is 0 Å². The van der Waals surface area contributed by atoms with Crippen LogP contribution in [0.3, 0.4) is 0 Å². The van der Waals surface area contributed by atoms with Crippen molar-refractivity contribution in [3.8, 4) is 0 Å². The van der Waals surface area contributed by atoms with Crippen molar-refractivity contribution in [2.75, 3.05) is 58.5 Å². The van der Waals surface area contributed by atoms with E-state index in [2.05, 4.69) is 44.1 Å². The van der Waals surface area contributed by atoms with Crippen molar-refractivity contribution >= 4 is 51.6 Å². The summed E-state index contributed by atoms with van der Waals surface area (Å²) in [7, 11) is 2.06. The first-order valence-corrected chi connectivity index (χ1v) is 20.8. The van der Waals surface area contributed by atoms with E-state index in [1.807, 2.05) is 24.3 Å². The van der Waals surface area contributed by atoms with Crippen LogP contribution in [-0.4, -0.2) is 92.6 Å². The molecule has 1 saturated heterocycles. The van der Waals surface area contributed by atoms with Crippen LogP contribution in [-0.2, 0) is 28.5 Å². The second-order valence-corrected chi connectivity index (χ2v) is 16.0. The molecule has 3 heterocycles. The third kappa shape index (κ3) is 15.7. The Morgan fingerprint density at radius 2 is 1.39 bits per heavy atom. The van der Waals surface area contributed by atoms with Crippen molar-refractivity contribution in [1.29, 1.82) is 0 Å². The van der Waals surface area contributed by atoms with Crippen LogP contribution in [0, 0.1) is 6.92 Å². The first-order valence-electron chi connectivity index (χ1n) is 20.0. The minimum Gasteiger partial charge on any atom is -1.00 e. The molecule has 13 heteroatoms. The SMILES string of the molecule is CCCCCCCCCC(=O)OCC(COC(=O)CCCCCCCC)OC(=O)OC[N+]1(C)CCN(C2=Nc3ccccc3Nc3sc(C)cc32)CC1.[I-]. The van der Waals surface area contributed by atoms with Crippen LogP contribution in [0.5, 0.6) is 0 Å². The van der Waals surface area contributed by atoms with Gasteiger partial charge < -0.3 is 53.1 Å². The molecule has 1 atom stereocenters. The van der Waals surface area contributed by atoms with Gasteiger partial charge in [-0.05, 0) is 38.0 Å². The number of rotatable bonds is 22. The molecule has 0 radical (unpaired) electrons. The minimum atomic E-state index is -0.954. The molecule has 2 aliphatic rings. The zero-order valence-electron chi connectivity index (χ0n) is 33.0. The Bertz CT molecular complexity index is 1480. The van der Waals surface area contributed by atoms with E-state index in [-0.39, 0.29) is 55.9 Å². The summed E-state index contributed by atoms with van der Waals surface area (Å²) in [5.74, 6) is 0.246. The van der Waals surface area contributed by atoms with Crippen LogP contribution >= 0.6 is 11.3 Å². The highest BCUT2D eigenvalue weighted by Gasteiger charge is 2.34. The number of halogens is 1. The van der Waals surface area contributed by atoms with Crippen molar-refractivity contribution in [3.63, 3.8) is 0 Å². The smallest absolute Gasteiger partial charge is 0.513 e. The topological polar surface area (TPSA) is 116 Å². The quantitative estimate of drug-likeness (QED) is 0.0471. The van der Waals surface area contributed by atoms with Crippen molar-refractivity contribution in [2.45, 2.75) is 123 Å². The first-order chi connectivity index (χ1) is 25.7. The standard InChI is InChI=1S/C41H63N4O7S.HI/c1-5-7-9-11-13-15-17-23-38(47)50-30-33(29-49-37(46)22-16-14-12-10-8-6-2)52-41(48)51-31-45(4)26-24-44(25-27-45)39-34-28-32(3)53-40(34)43-36-21-19-18-20-35(36)42-39;/h18-21,28,33,43H,5-17,22-27,29-31H2,1-4H3;1H/q+1;/p-1. The number of fused-ring (bicyclic) bond motifs is 2. The highest BCUT2D eigenvalue weighted by atomic mass is 127. The number of benzene rings is 1. The summed E-state index contributed by atoms with van der Waals surface area (Å²) >= 11 is 1.72. The normalized spacial score (nSPS) is 15.0. The number of ether oxygens (including phenoxy) is 4. The summed E-state index contributed by atoms with van der Waals surface area (Å²) in [4.78, 5) is 46.6. The van der Waals surface area contributed by atoms with Crippen molar-refractivity contribution in [2.24, 2.45) is 4.99 Å². The van der Waals surface area contributed by atoms with E-state index < -0.39 is 12.3 Å². The molecule has 0 bridgehead atoms. The highest BCUT2D eigenvalue weighted by Crippen LogP contribution is 2.39. The molecule has 0 aliphatic carbocycles. The second-order valence-electron chi connectivity index (χ2n) is 14.7. The van der Waals surface area contributed by atoms with Crippen LogP contribution in [0.1, 0.15) is 121 Å². The average molecular weight is 883 g/mol. The maximum atomic E-state index is 13.0. The van der Waals surface area contributed by atoms with E-state index in [0.29, 0.717) is 17.3 Å². The Kier molecular flexibility index (Phi) is 20.7. The maximum Gasteiger partial charge on any atom is 0.513 e. The molecule has 2 aliphatic heterocycles. The van der Waals surface area contributed by atoms with E-state index in [0.717, 1.165) is 92.5 Å². The van der Waals surface area contributed by atoms with Gasteiger partial charge in [-0.3, -0.25) is 14.1 Å². The largest absolute Gasteiger partial charge is 1.00 e. The number of aliphatic imine (C=N–C) groups is 1. The lowest BCUT2D eigenvalue weighted by molar-refractivity contribution is -0.929. The van der Waals surface area contributed by atoms with E-state index in [1.165, 1.54) is 49.8 Å². The lowest BCUT2D eigenvalue weighted by atomic mass is 10.1. The Labute approximate surface area is 344 Å². The van der Waals surface area contributed by atoms with Gasteiger partial charge in [0.05, 0.1) is 50.2 Å². The number of amidine groups is 1. The van der Waals surface area contributed by atoms with Crippen LogP contribution in [0.4, 0.5) is 21.2 Å². The fourth-order valence-electron chi connectivity index (χ4n) is 6.56. The number of quaternary nitrogens is 1. The van der Waals surface area contributed by atoms with Gasteiger partial charge in [0.2, 0.25) is 6.73 Å². The molecule has 0 spiro atoms. The Balaban J connectivity index is 0.00000784. The summed E-state index contributed by atoms with van der Waals surface area (Å²) in [6.07, 6.45) is 12.8. The van der Waals surface area contributed by atoms with Crippen LogP contribution < -0.4 is 29.3 Å². The Morgan fingerprint density at radius 1 is 0.833 bits per heavy atom. The molecule has 2 aromatic rings. The lowest BCUT2D eigenvalue weighted by Gasteiger charge is -2.41. The number of thiophene rings is 1. The van der Waals surface area contributed by atoms with Gasteiger partial charge in [-0.1, -0.05) is 96.6 Å². The fraction of sp³-hybridized carbons (Fsp3) is 0.659. The number of carbonyl (C=O) groups is 3. The zero-order chi connectivity index (χ0) is 37.9. The molecule has 0 amide bonds. The second kappa shape index (κ2) is 24.6. The van der Waals surface area contributed by atoms with Gasteiger partial charge in [-0.25, -0.2) is 9.79 Å².